The van der Waals surface area contributed by atoms with Crippen LogP contribution in [0.4, 0.5) is 5.69 Å². The maximum absolute atomic E-state index is 12.4. The lowest BCUT2D eigenvalue weighted by Crippen LogP contribution is -2.17. The molecular formula is C24H19N3O3. The molecule has 0 aliphatic rings. The third kappa shape index (κ3) is 5.33. The number of carbonyl (C=O) groups excluding carboxylic acids is 2. The number of nitrogens with zero attached hydrogens (tertiary/aromatic N) is 1. The van der Waals surface area contributed by atoms with Crippen molar-refractivity contribution < 1.29 is 14.3 Å². The van der Waals surface area contributed by atoms with E-state index in [4.69, 9.17) is 4.74 Å². The summed E-state index contributed by atoms with van der Waals surface area (Å²) in [6.45, 7) is 0. The van der Waals surface area contributed by atoms with Crippen LogP contribution < -0.4 is 15.4 Å². The summed E-state index contributed by atoms with van der Waals surface area (Å²) in [7, 11) is 1.55. The molecule has 0 spiro atoms. The second-order valence-electron chi connectivity index (χ2n) is 6.26. The van der Waals surface area contributed by atoms with Crippen LogP contribution in [0.3, 0.4) is 0 Å². The van der Waals surface area contributed by atoms with E-state index in [2.05, 4.69) is 10.6 Å². The van der Waals surface area contributed by atoms with E-state index in [-0.39, 0.29) is 11.5 Å². The lowest BCUT2D eigenvalue weighted by molar-refractivity contribution is -0.112. The smallest absolute Gasteiger partial charge is 0.266 e. The molecule has 0 aliphatic carbocycles. The third-order valence-electron chi connectivity index (χ3n) is 4.17. The molecule has 2 amide bonds. The van der Waals surface area contributed by atoms with E-state index in [0.29, 0.717) is 28.3 Å². The largest absolute Gasteiger partial charge is 0.457 e. The first-order valence-electron chi connectivity index (χ1n) is 9.17. The van der Waals surface area contributed by atoms with Gasteiger partial charge >= 0.3 is 0 Å². The standard InChI is InChI=1S/C24H19N3O3/c1-26-23(28)18-9-7-17(8-10-18)15-19(16-25)24(29)27-20-11-13-22(14-12-20)30-21-5-3-2-4-6-21/h2-15H,1H3,(H,26,28)(H,27,29)/b19-15-. The second-order valence-corrected chi connectivity index (χ2v) is 6.26. The fourth-order valence-electron chi connectivity index (χ4n) is 2.62. The molecule has 148 valence electrons. The van der Waals surface area contributed by atoms with E-state index in [1.165, 1.54) is 6.08 Å². The Morgan fingerprint density at radius 1 is 0.900 bits per heavy atom. The Balaban J connectivity index is 1.67. The topological polar surface area (TPSA) is 91.2 Å². The van der Waals surface area contributed by atoms with Crippen molar-refractivity contribution in [2.24, 2.45) is 0 Å². The van der Waals surface area contributed by atoms with Gasteiger partial charge in [0.05, 0.1) is 0 Å². The van der Waals surface area contributed by atoms with Crippen molar-refractivity contribution in [3.63, 3.8) is 0 Å². The van der Waals surface area contributed by atoms with Crippen LogP contribution in [0.15, 0.2) is 84.4 Å². The van der Waals surface area contributed by atoms with Gasteiger partial charge < -0.3 is 15.4 Å². The lowest BCUT2D eigenvalue weighted by Gasteiger charge is -2.08. The molecule has 0 unspecified atom stereocenters. The van der Waals surface area contributed by atoms with Gasteiger partial charge in [-0.05, 0) is 60.2 Å². The summed E-state index contributed by atoms with van der Waals surface area (Å²) in [6.07, 6.45) is 1.47. The molecular weight excluding hydrogens is 378 g/mol. The Morgan fingerprint density at radius 2 is 1.53 bits per heavy atom. The zero-order valence-electron chi connectivity index (χ0n) is 16.3. The van der Waals surface area contributed by atoms with E-state index < -0.39 is 5.91 Å². The number of carbonyl (C=O) groups is 2. The highest BCUT2D eigenvalue weighted by atomic mass is 16.5. The molecule has 3 rings (SSSR count). The zero-order chi connectivity index (χ0) is 21.3. The Morgan fingerprint density at radius 3 is 2.13 bits per heavy atom. The molecule has 6 heteroatoms. The molecule has 0 saturated heterocycles. The summed E-state index contributed by atoms with van der Waals surface area (Å²) >= 11 is 0. The Kier molecular flexibility index (Phi) is 6.59. The van der Waals surface area contributed by atoms with Crippen LogP contribution in [0, 0.1) is 11.3 Å². The predicted molar refractivity (Wildman–Crippen MR) is 115 cm³/mol. The minimum absolute atomic E-state index is 0.0488. The lowest BCUT2D eigenvalue weighted by atomic mass is 10.1. The van der Waals surface area contributed by atoms with Gasteiger partial charge in [-0.25, -0.2) is 0 Å². The van der Waals surface area contributed by atoms with Gasteiger partial charge in [0.25, 0.3) is 11.8 Å². The van der Waals surface area contributed by atoms with Crippen LogP contribution in [0.25, 0.3) is 6.08 Å². The molecule has 0 fully saturated rings. The van der Waals surface area contributed by atoms with Crippen LogP contribution in [0.1, 0.15) is 15.9 Å². The number of anilines is 1. The summed E-state index contributed by atoms with van der Waals surface area (Å²) in [4.78, 5) is 24.0. The molecule has 0 aliphatic heterocycles. The number of ether oxygens (including phenoxy) is 1. The van der Waals surface area contributed by atoms with Crippen LogP contribution >= 0.6 is 0 Å². The van der Waals surface area contributed by atoms with E-state index >= 15 is 0 Å². The SMILES string of the molecule is CNC(=O)c1ccc(/C=C(/C#N)C(=O)Nc2ccc(Oc3ccccc3)cc2)cc1. The number of nitriles is 1. The highest BCUT2D eigenvalue weighted by Gasteiger charge is 2.10. The van der Waals surface area contributed by atoms with Crippen LogP contribution in [-0.4, -0.2) is 18.9 Å². The summed E-state index contributed by atoms with van der Waals surface area (Å²) in [5.74, 6) is 0.617. The monoisotopic (exact) mass is 397 g/mol. The summed E-state index contributed by atoms with van der Waals surface area (Å²) < 4.78 is 5.72. The van der Waals surface area contributed by atoms with Gasteiger partial charge in [-0.2, -0.15) is 5.26 Å². The summed E-state index contributed by atoms with van der Waals surface area (Å²) in [5, 5.41) is 14.6. The van der Waals surface area contributed by atoms with Crippen LogP contribution in [0.2, 0.25) is 0 Å². The maximum Gasteiger partial charge on any atom is 0.266 e. The minimum Gasteiger partial charge on any atom is -0.457 e. The first-order valence-corrected chi connectivity index (χ1v) is 9.17. The number of rotatable bonds is 6. The van der Waals surface area contributed by atoms with Crippen molar-refractivity contribution in [1.29, 1.82) is 5.26 Å². The molecule has 6 nitrogen and oxygen atoms in total. The van der Waals surface area contributed by atoms with Gasteiger partial charge in [-0.1, -0.05) is 30.3 Å². The second kappa shape index (κ2) is 9.71. The average molecular weight is 397 g/mol. The van der Waals surface area contributed by atoms with E-state index in [1.807, 2.05) is 36.4 Å². The maximum atomic E-state index is 12.4. The van der Waals surface area contributed by atoms with Crippen molar-refractivity contribution >= 4 is 23.6 Å². The van der Waals surface area contributed by atoms with Gasteiger partial charge in [-0.15, -0.1) is 0 Å². The van der Waals surface area contributed by atoms with E-state index in [0.717, 1.165) is 0 Å². The zero-order valence-corrected chi connectivity index (χ0v) is 16.3. The fraction of sp³-hybridized carbons (Fsp3) is 0.0417. The quantitative estimate of drug-likeness (QED) is 0.477. The number of benzene rings is 3. The Hall–Kier alpha value is -4.37. The van der Waals surface area contributed by atoms with Crippen molar-refractivity contribution in [1.82, 2.24) is 5.32 Å². The molecule has 0 atom stereocenters. The van der Waals surface area contributed by atoms with Crippen molar-refractivity contribution in [2.75, 3.05) is 12.4 Å². The molecule has 0 heterocycles. The molecule has 0 aromatic heterocycles. The van der Waals surface area contributed by atoms with Gasteiger partial charge in [-0.3, -0.25) is 9.59 Å². The van der Waals surface area contributed by atoms with Crippen molar-refractivity contribution in [2.45, 2.75) is 0 Å². The Labute approximate surface area is 174 Å². The Bertz CT molecular complexity index is 1100. The summed E-state index contributed by atoms with van der Waals surface area (Å²) in [5.41, 5.74) is 1.63. The molecule has 0 radical (unpaired) electrons. The van der Waals surface area contributed by atoms with E-state index in [1.54, 1.807) is 55.6 Å². The predicted octanol–water partition coefficient (Wildman–Crippen LogP) is 4.38. The van der Waals surface area contributed by atoms with Gasteiger partial charge in [0.15, 0.2) is 0 Å². The van der Waals surface area contributed by atoms with Gasteiger partial charge in [0, 0.05) is 18.3 Å². The molecule has 0 bridgehead atoms. The summed E-state index contributed by atoms with van der Waals surface area (Å²) in [6, 6.07) is 24.7. The molecule has 0 saturated carbocycles. The molecule has 3 aromatic rings. The van der Waals surface area contributed by atoms with Crippen molar-refractivity contribution in [3.05, 3.63) is 95.6 Å². The van der Waals surface area contributed by atoms with Crippen LogP contribution in [-0.2, 0) is 4.79 Å². The normalized spacial score (nSPS) is 10.6. The highest BCUT2D eigenvalue weighted by molar-refractivity contribution is 6.09. The first-order chi connectivity index (χ1) is 14.6. The number of amides is 2. The molecule has 2 N–H and O–H groups in total. The number of hydrogen-bond donors (Lipinski definition) is 2. The third-order valence-corrected chi connectivity index (χ3v) is 4.17. The molecule has 3 aromatic carbocycles. The van der Waals surface area contributed by atoms with Gasteiger partial charge in [0.2, 0.25) is 0 Å². The number of hydrogen-bond acceptors (Lipinski definition) is 4. The highest BCUT2D eigenvalue weighted by Crippen LogP contribution is 2.23. The first kappa shape index (κ1) is 20.4. The average Bonchev–Trinajstić information content (AvgIpc) is 2.79. The fourth-order valence-corrected chi connectivity index (χ4v) is 2.62. The van der Waals surface area contributed by atoms with Crippen LogP contribution in [0.5, 0.6) is 11.5 Å². The molecule has 30 heavy (non-hydrogen) atoms. The minimum atomic E-state index is -0.524. The van der Waals surface area contributed by atoms with E-state index in [9.17, 15) is 14.9 Å². The van der Waals surface area contributed by atoms with Gasteiger partial charge in [0.1, 0.15) is 23.1 Å². The van der Waals surface area contributed by atoms with Crippen molar-refractivity contribution in [3.8, 4) is 17.6 Å². The number of para-hydroxylation sites is 1. The number of nitrogens with one attached hydrogen (secondary N) is 2.